The molecule has 3 rings (SSSR count). The van der Waals surface area contributed by atoms with Crippen LogP contribution in [-0.4, -0.2) is 33.0 Å². The van der Waals surface area contributed by atoms with Gasteiger partial charge in [0.25, 0.3) is 0 Å². The van der Waals surface area contributed by atoms with Crippen LogP contribution in [0.4, 0.5) is 5.69 Å². The van der Waals surface area contributed by atoms with Crippen LogP contribution in [0.25, 0.3) is 5.82 Å². The number of carbonyl (C=O) groups is 1. The van der Waals surface area contributed by atoms with E-state index in [1.165, 1.54) is 0 Å². The van der Waals surface area contributed by atoms with E-state index in [-0.39, 0.29) is 11.9 Å². The van der Waals surface area contributed by atoms with Crippen molar-refractivity contribution in [1.29, 1.82) is 0 Å². The van der Waals surface area contributed by atoms with Crippen molar-refractivity contribution in [2.45, 2.75) is 32.2 Å². The normalized spacial score (nSPS) is 18.4. The minimum absolute atomic E-state index is 0.0167. The van der Waals surface area contributed by atoms with Crippen molar-refractivity contribution in [3.8, 4) is 5.82 Å². The van der Waals surface area contributed by atoms with E-state index in [0.717, 1.165) is 37.4 Å². The van der Waals surface area contributed by atoms with Gasteiger partial charge in [0.1, 0.15) is 11.6 Å². The third-order valence-corrected chi connectivity index (χ3v) is 3.71. The lowest BCUT2D eigenvalue weighted by atomic mass is 10.0. The third-order valence-electron chi connectivity index (χ3n) is 3.71. The van der Waals surface area contributed by atoms with Crippen LogP contribution in [0.15, 0.2) is 30.7 Å². The van der Waals surface area contributed by atoms with Crippen molar-refractivity contribution in [3.63, 3.8) is 0 Å². The Labute approximate surface area is 123 Å². The van der Waals surface area contributed by atoms with E-state index in [9.17, 15) is 4.79 Å². The number of aromatic nitrogens is 3. The molecule has 0 saturated carbocycles. The Morgan fingerprint density at radius 3 is 2.90 bits per heavy atom. The topological polar surface area (TPSA) is 71.8 Å². The molecule has 1 aliphatic heterocycles. The fraction of sp³-hybridized carbons (Fsp3) is 0.400. The van der Waals surface area contributed by atoms with E-state index in [4.69, 9.17) is 0 Å². The molecule has 2 N–H and O–H groups in total. The number of hydrogen-bond acceptors (Lipinski definition) is 4. The summed E-state index contributed by atoms with van der Waals surface area (Å²) in [6.45, 7) is 2.83. The summed E-state index contributed by atoms with van der Waals surface area (Å²) >= 11 is 0. The van der Waals surface area contributed by atoms with Crippen molar-refractivity contribution in [2.24, 2.45) is 0 Å². The number of anilines is 1. The molecule has 1 aliphatic rings. The van der Waals surface area contributed by atoms with Gasteiger partial charge in [-0.2, -0.15) is 0 Å². The second-order valence-corrected chi connectivity index (χ2v) is 5.24. The lowest BCUT2D eigenvalue weighted by Gasteiger charge is -2.22. The second kappa shape index (κ2) is 6.05. The molecule has 0 unspecified atom stereocenters. The van der Waals surface area contributed by atoms with E-state index in [1.807, 2.05) is 29.8 Å². The molecule has 6 heteroatoms. The summed E-state index contributed by atoms with van der Waals surface area (Å²) in [5.41, 5.74) is 0.717. The van der Waals surface area contributed by atoms with Crippen LogP contribution in [0.1, 0.15) is 25.1 Å². The van der Waals surface area contributed by atoms with Crippen LogP contribution < -0.4 is 10.6 Å². The summed E-state index contributed by atoms with van der Waals surface area (Å²) in [5.74, 6) is 1.69. The number of rotatable bonds is 3. The standard InChI is InChI=1S/C15H19N5O/c1-11-16-8-9-20(11)14-6-5-12(10-18-14)19-15(21)13-4-2-3-7-17-13/h5-6,8-10,13,17H,2-4,7H2,1H3,(H,19,21)/t13-/m1/s1. The number of hydrogen-bond donors (Lipinski definition) is 2. The zero-order chi connectivity index (χ0) is 14.7. The largest absolute Gasteiger partial charge is 0.323 e. The van der Waals surface area contributed by atoms with E-state index in [0.29, 0.717) is 5.69 Å². The average molecular weight is 285 g/mol. The average Bonchev–Trinajstić information content (AvgIpc) is 2.95. The van der Waals surface area contributed by atoms with E-state index < -0.39 is 0 Å². The number of piperidine rings is 1. The van der Waals surface area contributed by atoms with Gasteiger partial charge in [-0.1, -0.05) is 6.42 Å². The smallest absolute Gasteiger partial charge is 0.241 e. The van der Waals surface area contributed by atoms with E-state index in [2.05, 4.69) is 20.6 Å². The lowest BCUT2D eigenvalue weighted by molar-refractivity contribution is -0.118. The highest BCUT2D eigenvalue weighted by molar-refractivity contribution is 5.94. The summed E-state index contributed by atoms with van der Waals surface area (Å²) in [7, 11) is 0. The Hall–Kier alpha value is -2.21. The SMILES string of the molecule is Cc1nccn1-c1ccc(NC(=O)[C@H]2CCCCN2)cn1. The predicted octanol–water partition coefficient (Wildman–Crippen LogP) is 1.66. The van der Waals surface area contributed by atoms with Crippen LogP contribution in [0.3, 0.4) is 0 Å². The van der Waals surface area contributed by atoms with Gasteiger partial charge in [-0.3, -0.25) is 9.36 Å². The van der Waals surface area contributed by atoms with Gasteiger partial charge >= 0.3 is 0 Å². The first kappa shape index (κ1) is 13.8. The lowest BCUT2D eigenvalue weighted by Crippen LogP contribution is -2.43. The van der Waals surface area contributed by atoms with Gasteiger partial charge in [-0.15, -0.1) is 0 Å². The number of imidazole rings is 1. The minimum atomic E-state index is -0.0886. The molecule has 2 aromatic rings. The summed E-state index contributed by atoms with van der Waals surface area (Å²) in [4.78, 5) is 20.7. The predicted molar refractivity (Wildman–Crippen MR) is 80.4 cm³/mol. The Morgan fingerprint density at radius 2 is 2.29 bits per heavy atom. The summed E-state index contributed by atoms with van der Waals surface area (Å²) in [6, 6.07) is 3.65. The molecular weight excluding hydrogens is 266 g/mol. The van der Waals surface area contributed by atoms with Gasteiger partial charge < -0.3 is 10.6 Å². The van der Waals surface area contributed by atoms with Gasteiger partial charge in [-0.05, 0) is 38.4 Å². The van der Waals surface area contributed by atoms with Crippen LogP contribution >= 0.6 is 0 Å². The maximum absolute atomic E-state index is 12.1. The molecule has 1 atom stereocenters. The van der Waals surface area contributed by atoms with Gasteiger partial charge in [0, 0.05) is 12.4 Å². The van der Waals surface area contributed by atoms with Crippen LogP contribution in [-0.2, 0) is 4.79 Å². The second-order valence-electron chi connectivity index (χ2n) is 5.24. The fourth-order valence-corrected chi connectivity index (χ4v) is 2.53. The maximum Gasteiger partial charge on any atom is 0.241 e. The zero-order valence-corrected chi connectivity index (χ0v) is 12.0. The van der Waals surface area contributed by atoms with Gasteiger partial charge in [-0.25, -0.2) is 9.97 Å². The molecule has 0 aliphatic carbocycles. The van der Waals surface area contributed by atoms with Crippen molar-refractivity contribution < 1.29 is 4.79 Å². The molecule has 21 heavy (non-hydrogen) atoms. The minimum Gasteiger partial charge on any atom is -0.323 e. The van der Waals surface area contributed by atoms with Crippen molar-refractivity contribution >= 4 is 11.6 Å². The first-order valence-electron chi connectivity index (χ1n) is 7.24. The molecule has 0 radical (unpaired) electrons. The van der Waals surface area contributed by atoms with Crippen LogP contribution in [0.5, 0.6) is 0 Å². The summed E-state index contributed by atoms with van der Waals surface area (Å²) < 4.78 is 1.90. The number of amides is 1. The Kier molecular flexibility index (Phi) is 3.96. The van der Waals surface area contributed by atoms with Crippen molar-refractivity contribution in [1.82, 2.24) is 19.9 Å². The highest BCUT2D eigenvalue weighted by atomic mass is 16.2. The third kappa shape index (κ3) is 3.11. The maximum atomic E-state index is 12.1. The van der Waals surface area contributed by atoms with E-state index in [1.54, 1.807) is 12.4 Å². The number of carbonyl (C=O) groups excluding carboxylic acids is 1. The molecule has 1 amide bonds. The van der Waals surface area contributed by atoms with Crippen molar-refractivity contribution in [2.75, 3.05) is 11.9 Å². The number of nitrogens with zero attached hydrogens (tertiary/aromatic N) is 3. The monoisotopic (exact) mass is 285 g/mol. The molecule has 110 valence electrons. The Balaban J connectivity index is 1.67. The summed E-state index contributed by atoms with van der Waals surface area (Å²) in [6.07, 6.45) is 8.41. The summed E-state index contributed by atoms with van der Waals surface area (Å²) in [5, 5.41) is 6.15. The van der Waals surface area contributed by atoms with Crippen LogP contribution in [0.2, 0.25) is 0 Å². The molecule has 1 saturated heterocycles. The molecule has 0 spiro atoms. The molecule has 0 bridgehead atoms. The molecule has 6 nitrogen and oxygen atoms in total. The zero-order valence-electron chi connectivity index (χ0n) is 12.0. The first-order chi connectivity index (χ1) is 10.2. The highest BCUT2D eigenvalue weighted by Crippen LogP contribution is 2.13. The molecular formula is C15H19N5O. The van der Waals surface area contributed by atoms with Gasteiger partial charge in [0.2, 0.25) is 5.91 Å². The molecule has 3 heterocycles. The van der Waals surface area contributed by atoms with E-state index >= 15 is 0 Å². The highest BCUT2D eigenvalue weighted by Gasteiger charge is 2.20. The molecule has 0 aromatic carbocycles. The number of pyridine rings is 1. The number of nitrogens with one attached hydrogen (secondary N) is 2. The Morgan fingerprint density at radius 1 is 1.38 bits per heavy atom. The van der Waals surface area contributed by atoms with Crippen LogP contribution in [0, 0.1) is 6.92 Å². The fourth-order valence-electron chi connectivity index (χ4n) is 2.53. The number of aryl methyl sites for hydroxylation is 1. The first-order valence-corrected chi connectivity index (χ1v) is 7.24. The quantitative estimate of drug-likeness (QED) is 0.899. The molecule has 2 aromatic heterocycles. The van der Waals surface area contributed by atoms with Crippen molar-refractivity contribution in [3.05, 3.63) is 36.5 Å². The van der Waals surface area contributed by atoms with Gasteiger partial charge in [0.15, 0.2) is 0 Å². The van der Waals surface area contributed by atoms with Gasteiger partial charge in [0.05, 0.1) is 17.9 Å². The Bertz CT molecular complexity index is 613. The molecule has 1 fully saturated rings.